The molecule has 2 nitrogen and oxygen atoms in total. The third kappa shape index (κ3) is 1.08. The maximum absolute atomic E-state index is 5.61. The summed E-state index contributed by atoms with van der Waals surface area (Å²) in [5.41, 5.74) is 8.13. The average molecular weight is 163 g/mol. The van der Waals surface area contributed by atoms with Crippen molar-refractivity contribution in [2.75, 3.05) is 0 Å². The number of fused-ring (bicyclic) bond motifs is 1. The summed E-state index contributed by atoms with van der Waals surface area (Å²) in [5, 5.41) is 0. The molecule has 1 unspecified atom stereocenters. The molecule has 1 aromatic carbocycles. The molecule has 1 aromatic rings. The highest BCUT2D eigenvalue weighted by molar-refractivity contribution is 5.43. The zero-order valence-corrected chi connectivity index (χ0v) is 7.21. The molecule has 0 amide bonds. The van der Waals surface area contributed by atoms with Gasteiger partial charge in [-0.2, -0.15) is 0 Å². The summed E-state index contributed by atoms with van der Waals surface area (Å²) in [6.45, 7) is 2.69. The Morgan fingerprint density at radius 3 is 3.17 bits per heavy atom. The van der Waals surface area contributed by atoms with Crippen molar-refractivity contribution in [1.29, 1.82) is 0 Å². The van der Waals surface area contributed by atoms with Crippen LogP contribution >= 0.6 is 0 Å². The number of hydrogen-bond acceptors (Lipinski definition) is 2. The van der Waals surface area contributed by atoms with Crippen LogP contribution in [0.3, 0.4) is 0 Å². The van der Waals surface area contributed by atoms with E-state index in [1.54, 1.807) is 0 Å². The molecular weight excluding hydrogens is 150 g/mol. The van der Waals surface area contributed by atoms with Crippen molar-refractivity contribution in [3.05, 3.63) is 29.3 Å². The highest BCUT2D eigenvalue weighted by Crippen LogP contribution is 2.30. The van der Waals surface area contributed by atoms with Crippen molar-refractivity contribution in [3.63, 3.8) is 0 Å². The van der Waals surface area contributed by atoms with E-state index in [4.69, 9.17) is 10.5 Å². The minimum Gasteiger partial charge on any atom is -0.490 e. The first kappa shape index (κ1) is 7.62. The largest absolute Gasteiger partial charge is 0.490 e. The fourth-order valence-corrected chi connectivity index (χ4v) is 1.69. The zero-order chi connectivity index (χ0) is 8.55. The minimum atomic E-state index is 0.313. The predicted molar refractivity (Wildman–Crippen MR) is 48.1 cm³/mol. The highest BCUT2D eigenvalue weighted by atomic mass is 16.5. The van der Waals surface area contributed by atoms with Crippen LogP contribution in [-0.2, 0) is 13.0 Å². The van der Waals surface area contributed by atoms with Gasteiger partial charge in [-0.1, -0.05) is 12.1 Å². The van der Waals surface area contributed by atoms with Crippen LogP contribution in [0.4, 0.5) is 0 Å². The van der Waals surface area contributed by atoms with Crippen molar-refractivity contribution >= 4 is 0 Å². The summed E-state index contributed by atoms with van der Waals surface area (Å²) in [5.74, 6) is 1.02. The van der Waals surface area contributed by atoms with E-state index in [-0.39, 0.29) is 0 Å². The molecule has 1 atom stereocenters. The molecule has 2 N–H and O–H groups in total. The lowest BCUT2D eigenvalue weighted by molar-refractivity contribution is 0.254. The number of rotatable bonds is 1. The molecule has 0 aromatic heterocycles. The summed E-state index contributed by atoms with van der Waals surface area (Å²) in [7, 11) is 0. The molecule has 12 heavy (non-hydrogen) atoms. The van der Waals surface area contributed by atoms with Gasteiger partial charge < -0.3 is 10.5 Å². The van der Waals surface area contributed by atoms with Crippen LogP contribution in [0.5, 0.6) is 5.75 Å². The Morgan fingerprint density at radius 2 is 2.42 bits per heavy atom. The molecule has 0 fully saturated rings. The lowest BCUT2D eigenvalue weighted by Crippen LogP contribution is -2.06. The van der Waals surface area contributed by atoms with Crippen LogP contribution in [0.2, 0.25) is 0 Å². The Bertz CT molecular complexity index is 296. The fraction of sp³-hybridized carbons (Fsp3) is 0.400. The van der Waals surface area contributed by atoms with Gasteiger partial charge in [-0.15, -0.1) is 0 Å². The van der Waals surface area contributed by atoms with Crippen LogP contribution in [0.15, 0.2) is 18.2 Å². The molecule has 2 rings (SSSR count). The molecule has 1 heterocycles. The quantitative estimate of drug-likeness (QED) is 0.680. The van der Waals surface area contributed by atoms with Crippen LogP contribution in [-0.4, -0.2) is 6.10 Å². The number of hydrogen-bond donors (Lipinski definition) is 1. The molecule has 1 aliphatic rings. The van der Waals surface area contributed by atoms with Gasteiger partial charge in [-0.25, -0.2) is 0 Å². The normalized spacial score (nSPS) is 20.3. The van der Waals surface area contributed by atoms with Gasteiger partial charge in [0.05, 0.1) is 0 Å². The summed E-state index contributed by atoms with van der Waals surface area (Å²) in [4.78, 5) is 0. The highest BCUT2D eigenvalue weighted by Gasteiger charge is 2.20. The summed E-state index contributed by atoms with van der Waals surface area (Å²) in [6, 6.07) is 6.08. The third-order valence-electron chi connectivity index (χ3n) is 2.27. The second-order valence-electron chi connectivity index (χ2n) is 3.23. The van der Waals surface area contributed by atoms with Crippen molar-refractivity contribution in [2.24, 2.45) is 5.73 Å². The van der Waals surface area contributed by atoms with E-state index in [2.05, 4.69) is 13.0 Å². The Morgan fingerprint density at radius 1 is 1.58 bits per heavy atom. The molecular formula is C10H13NO. The smallest absolute Gasteiger partial charge is 0.123 e. The first-order chi connectivity index (χ1) is 5.81. The summed E-state index contributed by atoms with van der Waals surface area (Å²) < 4.78 is 5.59. The van der Waals surface area contributed by atoms with Gasteiger partial charge in [0.15, 0.2) is 0 Å². The Kier molecular flexibility index (Phi) is 1.77. The van der Waals surface area contributed by atoms with Gasteiger partial charge in [-0.05, 0) is 18.6 Å². The van der Waals surface area contributed by atoms with Gasteiger partial charge in [-0.3, -0.25) is 0 Å². The fourth-order valence-electron chi connectivity index (χ4n) is 1.69. The molecule has 0 saturated heterocycles. The zero-order valence-electron chi connectivity index (χ0n) is 7.21. The second-order valence-corrected chi connectivity index (χ2v) is 3.23. The van der Waals surface area contributed by atoms with Crippen LogP contribution in [0, 0.1) is 0 Å². The average Bonchev–Trinajstić information content (AvgIpc) is 2.44. The van der Waals surface area contributed by atoms with Crippen molar-refractivity contribution in [2.45, 2.75) is 26.0 Å². The van der Waals surface area contributed by atoms with Crippen LogP contribution in [0.1, 0.15) is 18.1 Å². The first-order valence-electron chi connectivity index (χ1n) is 4.28. The van der Waals surface area contributed by atoms with Crippen LogP contribution < -0.4 is 10.5 Å². The lowest BCUT2D eigenvalue weighted by Gasteiger charge is -2.02. The second kappa shape index (κ2) is 2.79. The summed E-state index contributed by atoms with van der Waals surface area (Å²) >= 11 is 0. The molecule has 64 valence electrons. The van der Waals surface area contributed by atoms with E-state index in [1.807, 2.05) is 12.1 Å². The molecule has 0 radical (unpaired) electrons. The SMILES string of the molecule is CC1Cc2c(CN)cccc2O1. The molecule has 2 heteroatoms. The number of ether oxygens (including phenoxy) is 1. The van der Waals surface area contributed by atoms with Gasteiger partial charge in [0, 0.05) is 18.5 Å². The number of nitrogens with two attached hydrogens (primary N) is 1. The Hall–Kier alpha value is -1.02. The molecule has 1 aliphatic heterocycles. The van der Waals surface area contributed by atoms with Crippen molar-refractivity contribution in [1.82, 2.24) is 0 Å². The molecule has 0 aliphatic carbocycles. The maximum atomic E-state index is 5.61. The maximum Gasteiger partial charge on any atom is 0.123 e. The van der Waals surface area contributed by atoms with E-state index in [9.17, 15) is 0 Å². The lowest BCUT2D eigenvalue weighted by atomic mass is 10.0. The van der Waals surface area contributed by atoms with E-state index >= 15 is 0 Å². The third-order valence-corrected chi connectivity index (χ3v) is 2.27. The van der Waals surface area contributed by atoms with Crippen LogP contribution in [0.25, 0.3) is 0 Å². The number of benzene rings is 1. The van der Waals surface area contributed by atoms with Crippen molar-refractivity contribution < 1.29 is 4.74 Å². The first-order valence-corrected chi connectivity index (χ1v) is 4.28. The predicted octanol–water partition coefficient (Wildman–Crippen LogP) is 1.47. The van der Waals surface area contributed by atoms with E-state index < -0.39 is 0 Å². The molecule has 0 spiro atoms. The standard InChI is InChI=1S/C10H13NO/c1-7-5-9-8(6-11)3-2-4-10(9)12-7/h2-4,7H,5-6,11H2,1H3. The van der Waals surface area contributed by atoms with E-state index in [1.165, 1.54) is 11.1 Å². The van der Waals surface area contributed by atoms with E-state index in [0.29, 0.717) is 12.6 Å². The van der Waals surface area contributed by atoms with Crippen molar-refractivity contribution in [3.8, 4) is 5.75 Å². The Balaban J connectivity index is 2.44. The molecule has 0 saturated carbocycles. The van der Waals surface area contributed by atoms with Gasteiger partial charge in [0.2, 0.25) is 0 Å². The molecule has 0 bridgehead atoms. The monoisotopic (exact) mass is 163 g/mol. The topological polar surface area (TPSA) is 35.2 Å². The van der Waals surface area contributed by atoms with Gasteiger partial charge in [0.1, 0.15) is 11.9 Å². The van der Waals surface area contributed by atoms with Gasteiger partial charge >= 0.3 is 0 Å². The van der Waals surface area contributed by atoms with Gasteiger partial charge in [0.25, 0.3) is 0 Å². The summed E-state index contributed by atoms with van der Waals surface area (Å²) in [6.07, 6.45) is 1.32. The van der Waals surface area contributed by atoms with E-state index in [0.717, 1.165) is 12.2 Å². The Labute approximate surface area is 72.3 Å². The minimum absolute atomic E-state index is 0.313.